The van der Waals surface area contributed by atoms with Gasteiger partial charge in [0.15, 0.2) is 0 Å². The number of hydrogen-bond acceptors (Lipinski definition) is 0. The van der Waals surface area contributed by atoms with Gasteiger partial charge in [0.1, 0.15) is 9.52 Å². The molecule has 0 saturated carbocycles. The Bertz CT molecular complexity index is 2010. The molecule has 0 bridgehead atoms. The normalized spacial score (nSPS) is 12.0. The first-order chi connectivity index (χ1) is 17.8. The molecule has 0 aliphatic heterocycles. The molecule has 0 N–H and O–H groups in total. The zero-order chi connectivity index (χ0) is 23.6. The molecule has 1 nitrogen and oxygen atoms in total. The minimum Gasteiger partial charge on any atom is -0.309 e. The van der Waals surface area contributed by atoms with Crippen LogP contribution in [0.25, 0.3) is 59.8 Å². The summed E-state index contributed by atoms with van der Waals surface area (Å²) in [5.74, 6) is 0. The molecule has 0 fully saturated rings. The number of nitrogens with zero attached hydrogens (tertiary/aromatic N) is 1. The van der Waals surface area contributed by atoms with E-state index in [1.54, 1.807) is 0 Å². The van der Waals surface area contributed by atoms with Crippen LogP contribution in [-0.4, -0.2) is 14.1 Å². The topological polar surface area (TPSA) is 4.93 Å². The highest BCUT2D eigenvalue weighted by molar-refractivity contribution is 6.70. The zero-order valence-electron chi connectivity index (χ0n) is 19.6. The maximum absolute atomic E-state index is 2.41. The quantitative estimate of drug-likeness (QED) is 0.188. The number of hydrogen-bond donors (Lipinski definition) is 0. The fraction of sp³-hybridized carbons (Fsp3) is 0. The van der Waals surface area contributed by atoms with E-state index in [0.717, 1.165) is 0 Å². The highest BCUT2D eigenvalue weighted by Gasteiger charge is 2.14. The zero-order valence-corrected chi connectivity index (χ0v) is 20.6. The predicted octanol–water partition coefficient (Wildman–Crippen LogP) is 7.34. The van der Waals surface area contributed by atoms with Crippen molar-refractivity contribution in [2.24, 2.45) is 0 Å². The first-order valence-corrected chi connectivity index (χ1v) is 13.4. The second kappa shape index (κ2) is 7.55. The Morgan fingerprint density at radius 2 is 1.06 bits per heavy atom. The molecule has 0 aliphatic rings. The first-order valence-electron chi connectivity index (χ1n) is 12.4. The summed E-state index contributed by atoms with van der Waals surface area (Å²) in [4.78, 5) is 0. The van der Waals surface area contributed by atoms with E-state index in [1.807, 2.05) is 0 Å². The number of rotatable bonds is 3. The van der Waals surface area contributed by atoms with Gasteiger partial charge in [0.05, 0.1) is 11.0 Å². The summed E-state index contributed by atoms with van der Waals surface area (Å²) in [6.07, 6.45) is 0. The Morgan fingerprint density at radius 1 is 0.444 bits per heavy atom. The van der Waals surface area contributed by atoms with E-state index in [9.17, 15) is 0 Å². The molecule has 1 aromatic heterocycles. The van der Waals surface area contributed by atoms with Crippen molar-refractivity contribution in [3.63, 3.8) is 0 Å². The fourth-order valence-electron chi connectivity index (χ4n) is 5.92. The maximum Gasteiger partial charge on any atom is 0.122 e. The molecule has 1 heterocycles. The van der Waals surface area contributed by atoms with E-state index in [0.29, 0.717) is 9.52 Å². The Morgan fingerprint density at radius 3 is 1.81 bits per heavy atom. The second-order valence-corrected chi connectivity index (χ2v) is 10.9. The van der Waals surface area contributed by atoms with E-state index >= 15 is 0 Å². The van der Waals surface area contributed by atoms with Crippen LogP contribution >= 0.6 is 0 Å². The van der Waals surface area contributed by atoms with E-state index in [4.69, 9.17) is 0 Å². The maximum atomic E-state index is 2.41. The van der Waals surface area contributed by atoms with Crippen LogP contribution in [0.15, 0.2) is 127 Å². The molecule has 8 aromatic rings. The molecule has 166 valence electrons. The third kappa shape index (κ3) is 2.82. The summed E-state index contributed by atoms with van der Waals surface area (Å²) >= 11 is 0. The molecule has 8 rings (SSSR count). The summed E-state index contributed by atoms with van der Waals surface area (Å²) < 4.78 is 2.41. The monoisotopic (exact) mass is 471 g/mol. The van der Waals surface area contributed by atoms with Crippen LogP contribution in [0.5, 0.6) is 0 Å². The van der Waals surface area contributed by atoms with E-state index in [-0.39, 0.29) is 0 Å². The Balaban J connectivity index is 1.30. The molecule has 2 radical (unpaired) electrons. The van der Waals surface area contributed by atoms with Gasteiger partial charge in [-0.3, -0.25) is 0 Å². The summed E-state index contributed by atoms with van der Waals surface area (Å²) in [7, 11) is 0.586. The van der Waals surface area contributed by atoms with Gasteiger partial charge in [0.2, 0.25) is 0 Å². The molecular formula is C34H21NSi. The molecule has 7 aromatic carbocycles. The number of fused-ring (bicyclic) bond motifs is 3. The van der Waals surface area contributed by atoms with Crippen molar-refractivity contribution in [2.75, 3.05) is 0 Å². The molecule has 0 saturated heterocycles. The lowest BCUT2D eigenvalue weighted by Gasteiger charge is -2.14. The minimum absolute atomic E-state index is 0.586. The van der Waals surface area contributed by atoms with E-state index < -0.39 is 0 Å². The van der Waals surface area contributed by atoms with Gasteiger partial charge >= 0.3 is 0 Å². The van der Waals surface area contributed by atoms with Crippen molar-refractivity contribution in [2.45, 2.75) is 0 Å². The Kier molecular flexibility index (Phi) is 4.16. The lowest BCUT2D eigenvalue weighted by atomic mass is 9.94. The Hall–Kier alpha value is -4.40. The lowest BCUT2D eigenvalue weighted by Crippen LogP contribution is -2.28. The first kappa shape index (κ1) is 19.9. The van der Waals surface area contributed by atoms with Gasteiger partial charge in [0.25, 0.3) is 0 Å². The third-order valence-electron chi connectivity index (χ3n) is 7.49. The van der Waals surface area contributed by atoms with Crippen molar-refractivity contribution >= 4 is 74.0 Å². The third-order valence-corrected chi connectivity index (χ3v) is 8.80. The predicted molar refractivity (Wildman–Crippen MR) is 156 cm³/mol. The van der Waals surface area contributed by atoms with Crippen molar-refractivity contribution in [3.05, 3.63) is 127 Å². The van der Waals surface area contributed by atoms with Gasteiger partial charge < -0.3 is 4.57 Å². The molecular weight excluding hydrogens is 450 g/mol. The SMILES string of the molecule is c1cc([Si]c2ccc3ccc4cccc5ccc2c3c45)cc(-n2c3ccccc3c3ccccc32)c1. The van der Waals surface area contributed by atoms with Crippen LogP contribution in [0.2, 0.25) is 0 Å². The highest BCUT2D eigenvalue weighted by Crippen LogP contribution is 2.34. The van der Waals surface area contributed by atoms with Crippen molar-refractivity contribution in [3.8, 4) is 5.69 Å². The summed E-state index contributed by atoms with van der Waals surface area (Å²) in [6.45, 7) is 0. The Labute approximate surface area is 211 Å². The molecule has 0 amide bonds. The van der Waals surface area contributed by atoms with Crippen molar-refractivity contribution < 1.29 is 0 Å². The van der Waals surface area contributed by atoms with E-state index in [2.05, 4.69) is 132 Å². The average Bonchev–Trinajstić information content (AvgIpc) is 3.27. The van der Waals surface area contributed by atoms with Crippen molar-refractivity contribution in [1.29, 1.82) is 0 Å². The second-order valence-electron chi connectivity index (χ2n) is 9.51. The molecule has 0 unspecified atom stereocenters. The highest BCUT2D eigenvalue weighted by atomic mass is 28.2. The minimum atomic E-state index is 0.586. The number of para-hydroxylation sites is 2. The van der Waals surface area contributed by atoms with Gasteiger partial charge in [-0.2, -0.15) is 0 Å². The molecule has 0 aliphatic carbocycles. The van der Waals surface area contributed by atoms with Crippen LogP contribution in [0.3, 0.4) is 0 Å². The molecule has 36 heavy (non-hydrogen) atoms. The van der Waals surface area contributed by atoms with Gasteiger partial charge in [0, 0.05) is 16.5 Å². The summed E-state index contributed by atoms with van der Waals surface area (Å²) in [5.41, 5.74) is 3.72. The molecule has 0 atom stereocenters. The molecule has 2 heteroatoms. The largest absolute Gasteiger partial charge is 0.309 e. The van der Waals surface area contributed by atoms with Crippen LogP contribution in [-0.2, 0) is 0 Å². The van der Waals surface area contributed by atoms with Crippen molar-refractivity contribution in [1.82, 2.24) is 4.57 Å². The van der Waals surface area contributed by atoms with Crippen LogP contribution < -0.4 is 10.4 Å². The molecule has 0 spiro atoms. The van der Waals surface area contributed by atoms with Crippen LogP contribution in [0.4, 0.5) is 0 Å². The summed E-state index contributed by atoms with van der Waals surface area (Å²) in [5, 5.41) is 13.5. The number of aromatic nitrogens is 1. The van der Waals surface area contributed by atoms with Crippen LogP contribution in [0, 0.1) is 0 Å². The van der Waals surface area contributed by atoms with Gasteiger partial charge in [-0.15, -0.1) is 0 Å². The smallest absolute Gasteiger partial charge is 0.122 e. The van der Waals surface area contributed by atoms with E-state index in [1.165, 1.54) is 70.2 Å². The summed E-state index contributed by atoms with van der Waals surface area (Å²) in [6, 6.07) is 46.9. The van der Waals surface area contributed by atoms with Gasteiger partial charge in [-0.05, 0) is 56.6 Å². The van der Waals surface area contributed by atoms with Gasteiger partial charge in [-0.1, -0.05) is 114 Å². The van der Waals surface area contributed by atoms with Gasteiger partial charge in [-0.25, -0.2) is 0 Å². The van der Waals surface area contributed by atoms with Crippen LogP contribution in [0.1, 0.15) is 0 Å². The number of benzene rings is 7. The average molecular weight is 472 g/mol. The fourth-order valence-corrected chi connectivity index (χ4v) is 7.14. The lowest BCUT2D eigenvalue weighted by molar-refractivity contribution is 1.18. The standard InChI is InChI=1S/C34H21NSi/c1-3-13-30-27(11-1)28-12-2-4-14-31(28)35(30)25-9-6-10-26(21-25)36-32-20-18-24-16-15-22-7-5-8-23-17-19-29(32)34(24)33(22)23/h1-21H.